The average Bonchev–Trinajstić information content (AvgIpc) is 3.02. The van der Waals surface area contributed by atoms with Crippen molar-refractivity contribution < 1.29 is 31.1 Å². The van der Waals surface area contributed by atoms with Gasteiger partial charge in [-0.3, -0.25) is 9.10 Å². The van der Waals surface area contributed by atoms with E-state index in [1.54, 1.807) is 54.6 Å². The molecule has 12 heteroatoms. The van der Waals surface area contributed by atoms with E-state index < -0.39 is 32.5 Å². The van der Waals surface area contributed by atoms with E-state index in [2.05, 4.69) is 5.32 Å². The first kappa shape index (κ1) is 29.3. The first-order valence-electron chi connectivity index (χ1n) is 13.1. The van der Waals surface area contributed by atoms with Crippen LogP contribution in [0.2, 0.25) is 0 Å². The fraction of sp³-hybridized carbons (Fsp3) is 0.167. The summed E-state index contributed by atoms with van der Waals surface area (Å²) in [5.74, 6) is 0.517. The van der Waals surface area contributed by atoms with Gasteiger partial charge < -0.3 is 14.8 Å². The van der Waals surface area contributed by atoms with Gasteiger partial charge >= 0.3 is 0 Å². The number of morpholine rings is 1. The Labute approximate surface area is 245 Å². The Hall–Kier alpha value is -4.23. The van der Waals surface area contributed by atoms with E-state index in [4.69, 9.17) is 9.47 Å². The molecule has 0 radical (unpaired) electrons. The molecule has 0 spiro atoms. The third-order valence-electron chi connectivity index (χ3n) is 6.47. The molecule has 0 atom stereocenters. The van der Waals surface area contributed by atoms with Gasteiger partial charge in [0, 0.05) is 18.8 Å². The monoisotopic (exact) mass is 607 g/mol. The van der Waals surface area contributed by atoms with Crippen LogP contribution in [0.1, 0.15) is 0 Å². The molecule has 1 fully saturated rings. The summed E-state index contributed by atoms with van der Waals surface area (Å²) >= 11 is 0. The minimum atomic E-state index is -4.12. The molecule has 1 saturated heterocycles. The van der Waals surface area contributed by atoms with E-state index >= 15 is 0 Å². The van der Waals surface area contributed by atoms with Gasteiger partial charge in [-0.1, -0.05) is 36.4 Å². The Morgan fingerprint density at radius 1 is 0.738 bits per heavy atom. The topological polar surface area (TPSA) is 122 Å². The molecule has 42 heavy (non-hydrogen) atoms. The van der Waals surface area contributed by atoms with Crippen LogP contribution in [0.5, 0.6) is 11.5 Å². The van der Waals surface area contributed by atoms with Crippen LogP contribution >= 0.6 is 0 Å². The summed E-state index contributed by atoms with van der Waals surface area (Å²) in [5, 5.41) is 2.67. The molecule has 1 N–H and O–H groups in total. The lowest BCUT2D eigenvalue weighted by atomic mass is 10.3. The lowest BCUT2D eigenvalue weighted by molar-refractivity contribution is -0.114. The fourth-order valence-electron chi connectivity index (χ4n) is 4.32. The summed E-state index contributed by atoms with van der Waals surface area (Å²) in [6, 6.07) is 29.1. The van der Waals surface area contributed by atoms with E-state index in [0.717, 1.165) is 4.31 Å². The Morgan fingerprint density at radius 3 is 1.93 bits per heavy atom. The Balaban J connectivity index is 1.34. The zero-order valence-electron chi connectivity index (χ0n) is 22.5. The lowest BCUT2D eigenvalue weighted by Gasteiger charge is -2.26. The molecule has 1 aliphatic heterocycles. The standard InChI is InChI=1S/C30H29N3O7S2/c34-30(31-24-11-17-29(18-12-24)41(35,36)32-19-21-39-22-20-32)23-33(42(37,38)28-9-5-2-6-10-28)25-13-15-27(16-14-25)40-26-7-3-1-4-8-26/h1-18H,19-23H2,(H,31,34). The quantitative estimate of drug-likeness (QED) is 0.285. The van der Waals surface area contributed by atoms with Gasteiger partial charge in [0.1, 0.15) is 18.0 Å². The van der Waals surface area contributed by atoms with Crippen molar-refractivity contribution in [3.63, 3.8) is 0 Å². The smallest absolute Gasteiger partial charge is 0.264 e. The molecule has 218 valence electrons. The van der Waals surface area contributed by atoms with Crippen molar-refractivity contribution in [3.8, 4) is 11.5 Å². The highest BCUT2D eigenvalue weighted by Gasteiger charge is 2.28. The Bertz CT molecular complexity index is 1710. The van der Waals surface area contributed by atoms with Crippen molar-refractivity contribution in [1.29, 1.82) is 0 Å². The van der Waals surface area contributed by atoms with Gasteiger partial charge in [0.2, 0.25) is 15.9 Å². The van der Waals surface area contributed by atoms with Gasteiger partial charge in [-0.25, -0.2) is 16.8 Å². The zero-order chi connectivity index (χ0) is 29.6. The summed E-state index contributed by atoms with van der Waals surface area (Å²) in [6.07, 6.45) is 0. The minimum Gasteiger partial charge on any atom is -0.457 e. The number of ether oxygens (including phenoxy) is 2. The second-order valence-corrected chi connectivity index (χ2v) is 13.1. The van der Waals surface area contributed by atoms with Crippen LogP contribution in [0, 0.1) is 0 Å². The van der Waals surface area contributed by atoms with Crippen LogP contribution < -0.4 is 14.4 Å². The lowest BCUT2D eigenvalue weighted by Crippen LogP contribution is -2.40. The van der Waals surface area contributed by atoms with Crippen LogP contribution in [0.15, 0.2) is 119 Å². The van der Waals surface area contributed by atoms with Crippen molar-refractivity contribution in [2.24, 2.45) is 0 Å². The summed E-state index contributed by atoms with van der Waals surface area (Å²) < 4.78 is 66.5. The third kappa shape index (κ3) is 6.80. The van der Waals surface area contributed by atoms with Gasteiger partial charge in [-0.15, -0.1) is 0 Å². The van der Waals surface area contributed by atoms with Gasteiger partial charge in [0.25, 0.3) is 10.0 Å². The van der Waals surface area contributed by atoms with Crippen molar-refractivity contribution >= 4 is 37.3 Å². The molecule has 0 aliphatic carbocycles. The Morgan fingerprint density at radius 2 is 1.31 bits per heavy atom. The van der Waals surface area contributed by atoms with E-state index in [-0.39, 0.29) is 28.6 Å². The second kappa shape index (κ2) is 12.7. The molecule has 1 heterocycles. The molecular formula is C30H29N3O7S2. The number of rotatable bonds is 10. The predicted molar refractivity (Wildman–Crippen MR) is 159 cm³/mol. The third-order valence-corrected chi connectivity index (χ3v) is 10.2. The fourth-order valence-corrected chi connectivity index (χ4v) is 7.17. The average molecular weight is 608 g/mol. The molecule has 0 saturated carbocycles. The van der Waals surface area contributed by atoms with Crippen LogP contribution in [0.25, 0.3) is 0 Å². The van der Waals surface area contributed by atoms with Crippen LogP contribution in [0.3, 0.4) is 0 Å². The number of anilines is 2. The first-order valence-corrected chi connectivity index (χ1v) is 16.0. The number of hydrogen-bond donors (Lipinski definition) is 1. The summed E-state index contributed by atoms with van der Waals surface area (Å²) in [5.41, 5.74) is 0.589. The highest BCUT2D eigenvalue weighted by molar-refractivity contribution is 7.92. The van der Waals surface area contributed by atoms with Crippen molar-refractivity contribution in [2.45, 2.75) is 9.79 Å². The molecule has 0 aromatic heterocycles. The van der Waals surface area contributed by atoms with Gasteiger partial charge in [-0.2, -0.15) is 4.31 Å². The van der Waals surface area contributed by atoms with Gasteiger partial charge in [-0.05, 0) is 72.8 Å². The molecular weight excluding hydrogens is 578 g/mol. The van der Waals surface area contributed by atoms with E-state index in [1.165, 1.54) is 40.7 Å². The maximum Gasteiger partial charge on any atom is 0.264 e. The predicted octanol–water partition coefficient (Wildman–Crippen LogP) is 4.33. The highest BCUT2D eigenvalue weighted by atomic mass is 32.2. The van der Waals surface area contributed by atoms with Crippen molar-refractivity contribution in [3.05, 3.63) is 109 Å². The molecule has 4 aromatic rings. The number of para-hydroxylation sites is 1. The minimum absolute atomic E-state index is 0.0279. The molecule has 1 aliphatic rings. The molecule has 0 unspecified atom stereocenters. The zero-order valence-corrected chi connectivity index (χ0v) is 24.1. The molecule has 0 bridgehead atoms. The number of carbonyl (C=O) groups is 1. The van der Waals surface area contributed by atoms with E-state index in [0.29, 0.717) is 30.4 Å². The molecule has 5 rings (SSSR count). The Kier molecular flexibility index (Phi) is 8.88. The van der Waals surface area contributed by atoms with Gasteiger partial charge in [0.15, 0.2) is 0 Å². The highest BCUT2D eigenvalue weighted by Crippen LogP contribution is 2.28. The molecule has 10 nitrogen and oxygen atoms in total. The number of carbonyl (C=O) groups excluding carboxylic acids is 1. The number of nitrogens with zero attached hydrogens (tertiary/aromatic N) is 2. The van der Waals surface area contributed by atoms with Crippen molar-refractivity contribution in [2.75, 3.05) is 42.5 Å². The summed E-state index contributed by atoms with van der Waals surface area (Å²) in [4.78, 5) is 13.2. The molecule has 4 aromatic carbocycles. The number of hydrogen-bond acceptors (Lipinski definition) is 7. The maximum absolute atomic E-state index is 13.6. The molecule has 1 amide bonds. The number of amides is 1. The largest absolute Gasteiger partial charge is 0.457 e. The van der Waals surface area contributed by atoms with Crippen LogP contribution in [-0.2, 0) is 29.6 Å². The van der Waals surface area contributed by atoms with E-state index in [9.17, 15) is 21.6 Å². The summed E-state index contributed by atoms with van der Waals surface area (Å²) in [6.45, 7) is 0.679. The number of nitrogens with one attached hydrogen (secondary N) is 1. The van der Waals surface area contributed by atoms with Crippen LogP contribution in [-0.4, -0.2) is 59.9 Å². The SMILES string of the molecule is O=C(CN(c1ccc(Oc2ccccc2)cc1)S(=O)(=O)c1ccccc1)Nc1ccc(S(=O)(=O)N2CCOCC2)cc1. The number of benzene rings is 4. The maximum atomic E-state index is 13.6. The number of sulfonamides is 2. The van der Waals surface area contributed by atoms with E-state index in [1.807, 2.05) is 18.2 Å². The van der Waals surface area contributed by atoms with Gasteiger partial charge in [0.05, 0.1) is 28.7 Å². The first-order chi connectivity index (χ1) is 20.2. The van der Waals surface area contributed by atoms with Crippen LogP contribution in [0.4, 0.5) is 11.4 Å². The normalized spacial score (nSPS) is 14.2. The second-order valence-electron chi connectivity index (χ2n) is 9.32. The van der Waals surface area contributed by atoms with Crippen molar-refractivity contribution in [1.82, 2.24) is 4.31 Å². The summed E-state index contributed by atoms with van der Waals surface area (Å²) in [7, 11) is -7.81.